The van der Waals surface area contributed by atoms with Crippen molar-refractivity contribution in [2.75, 3.05) is 17.3 Å². The summed E-state index contributed by atoms with van der Waals surface area (Å²) in [6.07, 6.45) is 1.99. The molecule has 6 nitrogen and oxygen atoms in total. The molecule has 3 aromatic carbocycles. The minimum absolute atomic E-state index is 0.117. The van der Waals surface area contributed by atoms with Gasteiger partial charge in [0.15, 0.2) is 5.16 Å². The van der Waals surface area contributed by atoms with Gasteiger partial charge in [-0.05, 0) is 42.2 Å². The smallest absolute Gasteiger partial charge is 0.298 e. The van der Waals surface area contributed by atoms with Crippen molar-refractivity contribution in [3.8, 4) is 0 Å². The lowest BCUT2D eigenvalue weighted by Gasteiger charge is -2.12. The number of benzene rings is 3. The number of aromatic nitrogens is 2. The van der Waals surface area contributed by atoms with Crippen molar-refractivity contribution in [1.29, 1.82) is 0 Å². The first kappa shape index (κ1) is 22.3. The molecule has 0 fully saturated rings. The predicted molar refractivity (Wildman–Crippen MR) is 139 cm³/mol. The van der Waals surface area contributed by atoms with Crippen molar-refractivity contribution in [1.82, 2.24) is 9.55 Å². The minimum atomic E-state index is -0.263. The van der Waals surface area contributed by atoms with Crippen LogP contribution in [0.1, 0.15) is 5.56 Å². The van der Waals surface area contributed by atoms with E-state index in [4.69, 9.17) is 9.40 Å². The molecule has 34 heavy (non-hydrogen) atoms. The zero-order valence-electron chi connectivity index (χ0n) is 18.4. The molecule has 2 aromatic heterocycles. The monoisotopic (exact) mass is 487 g/mol. The van der Waals surface area contributed by atoms with E-state index in [2.05, 4.69) is 5.32 Å². The summed E-state index contributed by atoms with van der Waals surface area (Å²) in [7, 11) is 0. The van der Waals surface area contributed by atoms with Crippen molar-refractivity contribution in [3.05, 3.63) is 94.8 Å². The third-order valence-electron chi connectivity index (χ3n) is 5.32. The highest BCUT2D eigenvalue weighted by Gasteiger charge is 2.19. The van der Waals surface area contributed by atoms with Gasteiger partial charge in [0.05, 0.1) is 12.3 Å². The van der Waals surface area contributed by atoms with Gasteiger partial charge in [0, 0.05) is 16.0 Å². The number of hydrogen-bond donors (Lipinski definition) is 1. The van der Waals surface area contributed by atoms with E-state index in [-0.39, 0.29) is 22.8 Å². The molecule has 8 heteroatoms. The number of rotatable bonds is 7. The number of furan rings is 1. The topological polar surface area (TPSA) is 77.1 Å². The summed E-state index contributed by atoms with van der Waals surface area (Å²) in [5, 5.41) is 4.18. The molecule has 170 valence electrons. The number of nitrogens with one attached hydrogen (secondary N) is 1. The van der Waals surface area contributed by atoms with Crippen LogP contribution in [0.2, 0.25) is 0 Å². The lowest BCUT2D eigenvalue weighted by Crippen LogP contribution is -2.24. The van der Waals surface area contributed by atoms with E-state index < -0.39 is 0 Å². The molecule has 5 aromatic rings. The van der Waals surface area contributed by atoms with E-state index in [1.165, 1.54) is 11.8 Å². The van der Waals surface area contributed by atoms with Crippen molar-refractivity contribution in [2.45, 2.75) is 16.6 Å². The van der Waals surface area contributed by atoms with E-state index in [9.17, 15) is 9.59 Å². The van der Waals surface area contributed by atoms with Crippen LogP contribution in [0.15, 0.2) is 98.1 Å². The minimum Gasteiger partial charge on any atom is -0.448 e. The molecule has 2 heterocycles. The maximum Gasteiger partial charge on any atom is 0.298 e. The van der Waals surface area contributed by atoms with Crippen LogP contribution in [0.4, 0.5) is 5.69 Å². The van der Waals surface area contributed by atoms with Crippen LogP contribution in [-0.4, -0.2) is 27.5 Å². The average molecular weight is 488 g/mol. The second-order valence-electron chi connectivity index (χ2n) is 7.62. The Morgan fingerprint density at radius 1 is 1.03 bits per heavy atom. The van der Waals surface area contributed by atoms with E-state index >= 15 is 0 Å². The molecule has 0 aliphatic rings. The van der Waals surface area contributed by atoms with Crippen LogP contribution in [0.25, 0.3) is 22.1 Å². The SMILES string of the molecule is CSc1cccc(NC(=O)CSc2nc3c(oc4ccccc43)c(=O)n2Cc2ccccc2)c1. The van der Waals surface area contributed by atoms with Gasteiger partial charge in [-0.15, -0.1) is 11.8 Å². The Kier molecular flexibility index (Phi) is 6.42. The highest BCUT2D eigenvalue weighted by molar-refractivity contribution is 7.99. The summed E-state index contributed by atoms with van der Waals surface area (Å²) in [5.41, 5.74) is 2.79. The number of carbonyl (C=O) groups is 1. The molecule has 0 saturated heterocycles. The summed E-state index contributed by atoms with van der Waals surface area (Å²) in [6, 6.07) is 24.8. The average Bonchev–Trinajstić information content (AvgIpc) is 3.24. The number of hydrogen-bond acceptors (Lipinski definition) is 6. The van der Waals surface area contributed by atoms with Crippen molar-refractivity contribution >= 4 is 57.2 Å². The number of fused-ring (bicyclic) bond motifs is 3. The van der Waals surface area contributed by atoms with Gasteiger partial charge < -0.3 is 9.73 Å². The van der Waals surface area contributed by atoms with Gasteiger partial charge in [-0.3, -0.25) is 14.2 Å². The van der Waals surface area contributed by atoms with Crippen LogP contribution in [0, 0.1) is 0 Å². The van der Waals surface area contributed by atoms with E-state index in [1.54, 1.807) is 16.3 Å². The van der Waals surface area contributed by atoms with Crippen molar-refractivity contribution in [2.24, 2.45) is 0 Å². The first-order chi connectivity index (χ1) is 16.6. The van der Waals surface area contributed by atoms with Crippen LogP contribution in [0.3, 0.4) is 0 Å². The first-order valence-corrected chi connectivity index (χ1v) is 12.9. The zero-order valence-corrected chi connectivity index (χ0v) is 20.0. The molecule has 5 rings (SSSR count). The number of anilines is 1. The summed E-state index contributed by atoms with van der Waals surface area (Å²) in [5.74, 6) is -0.0487. The number of amides is 1. The third-order valence-corrected chi connectivity index (χ3v) is 7.02. The van der Waals surface area contributed by atoms with Gasteiger partial charge in [0.1, 0.15) is 11.1 Å². The Morgan fingerprint density at radius 3 is 2.65 bits per heavy atom. The van der Waals surface area contributed by atoms with Gasteiger partial charge in [-0.1, -0.05) is 60.3 Å². The quantitative estimate of drug-likeness (QED) is 0.236. The second kappa shape index (κ2) is 9.79. The molecular formula is C26H21N3O3S2. The Morgan fingerprint density at radius 2 is 1.82 bits per heavy atom. The highest BCUT2D eigenvalue weighted by Crippen LogP contribution is 2.28. The van der Waals surface area contributed by atoms with E-state index in [0.29, 0.717) is 22.8 Å². The fraction of sp³-hybridized carbons (Fsp3) is 0.115. The van der Waals surface area contributed by atoms with Crippen molar-refractivity contribution in [3.63, 3.8) is 0 Å². The molecular weight excluding hydrogens is 466 g/mol. The second-order valence-corrected chi connectivity index (χ2v) is 9.44. The maximum atomic E-state index is 13.4. The first-order valence-electron chi connectivity index (χ1n) is 10.6. The van der Waals surface area contributed by atoms with Crippen LogP contribution < -0.4 is 10.9 Å². The molecule has 0 unspecified atom stereocenters. The zero-order chi connectivity index (χ0) is 23.5. The Bertz CT molecular complexity index is 1540. The van der Waals surface area contributed by atoms with E-state index in [0.717, 1.165) is 21.5 Å². The van der Waals surface area contributed by atoms with E-state index in [1.807, 2.05) is 85.1 Å². The number of carbonyl (C=O) groups excluding carboxylic acids is 1. The summed E-state index contributed by atoms with van der Waals surface area (Å²) >= 11 is 2.85. The molecule has 0 spiro atoms. The van der Waals surface area contributed by atoms with Crippen LogP contribution >= 0.6 is 23.5 Å². The fourth-order valence-electron chi connectivity index (χ4n) is 3.70. The summed E-state index contributed by atoms with van der Waals surface area (Å²) in [6.45, 7) is 0.333. The van der Waals surface area contributed by atoms with Gasteiger partial charge in [-0.25, -0.2) is 4.98 Å². The standard InChI is InChI=1S/C26H21N3O3S2/c1-33-19-11-7-10-18(14-19)27-22(30)16-34-26-28-23-20-12-5-6-13-21(20)32-24(23)25(31)29(26)15-17-8-3-2-4-9-17/h2-14H,15-16H2,1H3,(H,27,30). The summed E-state index contributed by atoms with van der Waals surface area (Å²) in [4.78, 5) is 32.0. The van der Waals surface area contributed by atoms with Crippen molar-refractivity contribution < 1.29 is 9.21 Å². The van der Waals surface area contributed by atoms with Crippen LogP contribution in [0.5, 0.6) is 0 Å². The molecule has 0 aliphatic heterocycles. The van der Waals surface area contributed by atoms with Crippen LogP contribution in [-0.2, 0) is 11.3 Å². The molecule has 1 amide bonds. The molecule has 0 saturated carbocycles. The molecule has 0 bridgehead atoms. The Labute approximate surface area is 204 Å². The number of nitrogens with zero attached hydrogens (tertiary/aromatic N) is 2. The lowest BCUT2D eigenvalue weighted by molar-refractivity contribution is -0.113. The van der Waals surface area contributed by atoms with Gasteiger partial charge in [0.25, 0.3) is 5.56 Å². The van der Waals surface area contributed by atoms with Gasteiger partial charge >= 0.3 is 0 Å². The molecule has 0 aliphatic carbocycles. The molecule has 1 N–H and O–H groups in total. The largest absolute Gasteiger partial charge is 0.448 e. The highest BCUT2D eigenvalue weighted by atomic mass is 32.2. The Hall–Kier alpha value is -3.49. The van der Waals surface area contributed by atoms with Gasteiger partial charge in [0.2, 0.25) is 11.5 Å². The summed E-state index contributed by atoms with van der Waals surface area (Å²) < 4.78 is 7.43. The third kappa shape index (κ3) is 4.60. The lowest BCUT2D eigenvalue weighted by atomic mass is 10.2. The normalized spacial score (nSPS) is 11.2. The molecule has 0 atom stereocenters. The van der Waals surface area contributed by atoms with Gasteiger partial charge in [-0.2, -0.15) is 0 Å². The maximum absolute atomic E-state index is 13.4. The number of thioether (sulfide) groups is 2. The molecule has 0 radical (unpaired) electrons. The predicted octanol–water partition coefficient (Wildman–Crippen LogP) is 5.64. The Balaban J connectivity index is 1.48. The number of para-hydroxylation sites is 1. The fourth-order valence-corrected chi connectivity index (χ4v) is 4.95.